The van der Waals surface area contributed by atoms with Crippen molar-refractivity contribution >= 4 is 15.7 Å². The maximum Gasteiger partial charge on any atom is 0.254 e. The first-order chi connectivity index (χ1) is 10.3. The van der Waals surface area contributed by atoms with Gasteiger partial charge in [0, 0.05) is 18.2 Å². The van der Waals surface area contributed by atoms with Gasteiger partial charge in [-0.15, -0.1) is 0 Å². The van der Waals surface area contributed by atoms with E-state index in [-0.39, 0.29) is 23.5 Å². The number of benzene rings is 1. The summed E-state index contributed by atoms with van der Waals surface area (Å²) < 4.78 is 23.5. The molecule has 0 bridgehead atoms. The second-order valence-corrected chi connectivity index (χ2v) is 8.44. The lowest BCUT2D eigenvalue weighted by atomic mass is 10.0. The molecule has 1 saturated heterocycles. The van der Waals surface area contributed by atoms with Gasteiger partial charge in [-0.1, -0.05) is 19.4 Å². The number of aryl methyl sites for hydroxylation is 2. The number of sulfone groups is 1. The molecular weight excluding hydrogens is 298 g/mol. The van der Waals surface area contributed by atoms with Crippen LogP contribution < -0.4 is 0 Å². The normalized spacial score (nSPS) is 20.0. The average molecular weight is 323 g/mol. The molecule has 0 aliphatic carbocycles. The Balaban J connectivity index is 2.24. The predicted molar refractivity (Wildman–Crippen MR) is 88.9 cm³/mol. The molecule has 4 nitrogen and oxygen atoms in total. The molecule has 1 aliphatic rings. The summed E-state index contributed by atoms with van der Waals surface area (Å²) in [6.07, 6.45) is 2.44. The fraction of sp³-hybridized carbons (Fsp3) is 0.588. The summed E-state index contributed by atoms with van der Waals surface area (Å²) in [4.78, 5) is 14.6. The molecule has 0 saturated carbocycles. The number of hydrogen-bond donors (Lipinski definition) is 0. The van der Waals surface area contributed by atoms with Gasteiger partial charge in [0.1, 0.15) is 0 Å². The molecule has 1 atom stereocenters. The van der Waals surface area contributed by atoms with E-state index in [1.807, 2.05) is 32.0 Å². The number of amides is 1. The molecule has 1 amide bonds. The summed E-state index contributed by atoms with van der Waals surface area (Å²) in [5, 5.41) is 0. The van der Waals surface area contributed by atoms with Crippen LogP contribution in [0, 0.1) is 13.8 Å². The lowest BCUT2D eigenvalue weighted by Gasteiger charge is -2.28. The average Bonchev–Trinajstić information content (AvgIpc) is 2.82. The molecule has 2 rings (SSSR count). The van der Waals surface area contributed by atoms with Crippen LogP contribution in [0.1, 0.15) is 47.7 Å². The third-order valence-electron chi connectivity index (χ3n) is 4.42. The highest BCUT2D eigenvalue weighted by molar-refractivity contribution is 7.91. The monoisotopic (exact) mass is 323 g/mol. The molecule has 0 spiro atoms. The van der Waals surface area contributed by atoms with Crippen LogP contribution in [0.4, 0.5) is 0 Å². The largest absolute Gasteiger partial charge is 0.335 e. The smallest absolute Gasteiger partial charge is 0.254 e. The van der Waals surface area contributed by atoms with E-state index < -0.39 is 9.84 Å². The van der Waals surface area contributed by atoms with Gasteiger partial charge in [-0.25, -0.2) is 8.42 Å². The van der Waals surface area contributed by atoms with Gasteiger partial charge in [0.2, 0.25) is 0 Å². The van der Waals surface area contributed by atoms with Crippen LogP contribution in [0.5, 0.6) is 0 Å². The summed E-state index contributed by atoms with van der Waals surface area (Å²) in [5.74, 6) is 0.256. The second kappa shape index (κ2) is 6.82. The summed E-state index contributed by atoms with van der Waals surface area (Å²) in [5.41, 5.74) is 2.89. The molecule has 1 aromatic carbocycles. The SMILES string of the molecule is CCCCN(C(=O)c1ccc(C)c(C)c1)[C@H]1CCS(=O)(=O)C1. The first kappa shape index (κ1) is 17.0. The zero-order valence-corrected chi connectivity index (χ0v) is 14.4. The minimum atomic E-state index is -2.99. The van der Waals surface area contributed by atoms with Crippen molar-refractivity contribution < 1.29 is 13.2 Å². The Hall–Kier alpha value is -1.36. The van der Waals surface area contributed by atoms with Crippen LogP contribution >= 0.6 is 0 Å². The molecule has 1 heterocycles. The van der Waals surface area contributed by atoms with Crippen LogP contribution in [0.2, 0.25) is 0 Å². The molecular formula is C17H25NO3S. The van der Waals surface area contributed by atoms with E-state index in [1.54, 1.807) is 4.90 Å². The highest BCUT2D eigenvalue weighted by atomic mass is 32.2. The zero-order valence-electron chi connectivity index (χ0n) is 13.6. The van der Waals surface area contributed by atoms with Crippen molar-refractivity contribution in [1.29, 1.82) is 0 Å². The fourth-order valence-electron chi connectivity index (χ4n) is 2.84. The van der Waals surface area contributed by atoms with E-state index in [0.717, 1.165) is 24.0 Å². The number of nitrogens with zero attached hydrogens (tertiary/aromatic N) is 1. The highest BCUT2D eigenvalue weighted by Crippen LogP contribution is 2.21. The van der Waals surface area contributed by atoms with Gasteiger partial charge in [-0.2, -0.15) is 0 Å². The van der Waals surface area contributed by atoms with E-state index in [0.29, 0.717) is 18.5 Å². The van der Waals surface area contributed by atoms with Crippen LogP contribution in [-0.4, -0.2) is 43.3 Å². The molecule has 0 aromatic heterocycles. The maximum atomic E-state index is 12.8. The van der Waals surface area contributed by atoms with Crippen molar-refractivity contribution in [2.75, 3.05) is 18.1 Å². The van der Waals surface area contributed by atoms with Gasteiger partial charge in [0.15, 0.2) is 9.84 Å². The third-order valence-corrected chi connectivity index (χ3v) is 6.17. The first-order valence-electron chi connectivity index (χ1n) is 7.92. The Kier molecular flexibility index (Phi) is 5.27. The molecule has 22 heavy (non-hydrogen) atoms. The molecule has 1 fully saturated rings. The highest BCUT2D eigenvalue weighted by Gasteiger charge is 2.34. The number of carbonyl (C=O) groups excluding carboxylic acids is 1. The zero-order chi connectivity index (χ0) is 16.3. The molecule has 1 aromatic rings. The number of unbranched alkanes of at least 4 members (excludes halogenated alkanes) is 1. The summed E-state index contributed by atoms with van der Waals surface area (Å²) in [6, 6.07) is 5.52. The Morgan fingerprint density at radius 2 is 2.00 bits per heavy atom. The fourth-order valence-corrected chi connectivity index (χ4v) is 4.57. The molecule has 0 N–H and O–H groups in total. The molecule has 5 heteroatoms. The van der Waals surface area contributed by atoms with E-state index in [2.05, 4.69) is 6.92 Å². The van der Waals surface area contributed by atoms with Gasteiger partial charge in [-0.05, 0) is 49.9 Å². The van der Waals surface area contributed by atoms with Crippen molar-refractivity contribution in [3.05, 3.63) is 34.9 Å². The van der Waals surface area contributed by atoms with Crippen molar-refractivity contribution in [3.63, 3.8) is 0 Å². The van der Waals surface area contributed by atoms with Crippen LogP contribution in [0.15, 0.2) is 18.2 Å². The Morgan fingerprint density at radius 1 is 1.27 bits per heavy atom. The van der Waals surface area contributed by atoms with E-state index in [9.17, 15) is 13.2 Å². The molecule has 122 valence electrons. The standard InChI is InChI=1S/C17H25NO3S/c1-4-5-9-18(16-8-10-22(20,21)12-16)17(19)15-7-6-13(2)14(3)11-15/h6-7,11,16H,4-5,8-10,12H2,1-3H3/t16-/m0/s1. The van der Waals surface area contributed by atoms with Gasteiger partial charge in [-0.3, -0.25) is 4.79 Å². The summed E-state index contributed by atoms with van der Waals surface area (Å²) >= 11 is 0. The quantitative estimate of drug-likeness (QED) is 0.837. The Bertz CT molecular complexity index is 652. The minimum Gasteiger partial charge on any atom is -0.335 e. The van der Waals surface area contributed by atoms with Gasteiger partial charge < -0.3 is 4.90 Å². The van der Waals surface area contributed by atoms with E-state index >= 15 is 0 Å². The minimum absolute atomic E-state index is 0.0429. The summed E-state index contributed by atoms with van der Waals surface area (Å²) in [6.45, 7) is 6.71. The van der Waals surface area contributed by atoms with Crippen LogP contribution in [0.25, 0.3) is 0 Å². The van der Waals surface area contributed by atoms with Crippen molar-refractivity contribution in [1.82, 2.24) is 4.90 Å². The third kappa shape index (κ3) is 3.88. The summed E-state index contributed by atoms with van der Waals surface area (Å²) in [7, 11) is -2.99. The Labute approximate surface area is 133 Å². The number of rotatable bonds is 5. The maximum absolute atomic E-state index is 12.8. The Morgan fingerprint density at radius 3 is 2.55 bits per heavy atom. The van der Waals surface area contributed by atoms with Gasteiger partial charge in [0.05, 0.1) is 11.5 Å². The van der Waals surface area contributed by atoms with Crippen molar-refractivity contribution in [2.45, 2.75) is 46.1 Å². The topological polar surface area (TPSA) is 54.5 Å². The molecule has 1 aliphatic heterocycles. The first-order valence-corrected chi connectivity index (χ1v) is 9.75. The van der Waals surface area contributed by atoms with Crippen molar-refractivity contribution in [3.8, 4) is 0 Å². The van der Waals surface area contributed by atoms with E-state index in [1.165, 1.54) is 0 Å². The van der Waals surface area contributed by atoms with Gasteiger partial charge in [0.25, 0.3) is 5.91 Å². The lowest BCUT2D eigenvalue weighted by Crippen LogP contribution is -2.41. The number of hydrogen-bond acceptors (Lipinski definition) is 3. The second-order valence-electron chi connectivity index (χ2n) is 6.21. The van der Waals surface area contributed by atoms with Gasteiger partial charge >= 0.3 is 0 Å². The van der Waals surface area contributed by atoms with Crippen molar-refractivity contribution in [2.24, 2.45) is 0 Å². The van der Waals surface area contributed by atoms with Crippen LogP contribution in [-0.2, 0) is 9.84 Å². The molecule has 0 radical (unpaired) electrons. The van der Waals surface area contributed by atoms with E-state index in [4.69, 9.17) is 0 Å². The number of carbonyl (C=O) groups is 1. The molecule has 0 unspecified atom stereocenters. The predicted octanol–water partition coefficient (Wildman–Crippen LogP) is 2.73. The van der Waals surface area contributed by atoms with Crippen LogP contribution in [0.3, 0.4) is 0 Å². The lowest BCUT2D eigenvalue weighted by molar-refractivity contribution is 0.0694.